The Morgan fingerprint density at radius 2 is 1.42 bits per heavy atom. The van der Waals surface area contributed by atoms with Crippen molar-refractivity contribution in [2.75, 3.05) is 13.7 Å². The lowest BCUT2D eigenvalue weighted by Crippen LogP contribution is -2.19. The molecule has 38 heavy (non-hydrogen) atoms. The maximum Gasteiger partial charge on any atom is 0.573 e. The number of halogens is 6. The van der Waals surface area contributed by atoms with E-state index in [9.17, 15) is 22.0 Å². The molecule has 3 aromatic carbocycles. The molecule has 1 aromatic heterocycles. The first-order valence-electron chi connectivity index (χ1n) is 11.9. The summed E-state index contributed by atoms with van der Waals surface area (Å²) in [5.74, 6) is -4.21. The number of alkyl halides is 3. The number of hydrogen-bond acceptors (Lipinski definition) is 4. The van der Waals surface area contributed by atoms with Gasteiger partial charge in [0.25, 0.3) is 0 Å². The molecular weight excluding hydrogens is 510 g/mol. The molecule has 4 aromatic rings. The predicted octanol–water partition coefficient (Wildman–Crippen LogP) is 6.71. The van der Waals surface area contributed by atoms with Gasteiger partial charge in [0.05, 0.1) is 6.61 Å². The standard InChI is InChI=1S/C28H24F6N2O2/c1-37-11-10-19-15-35-25(36-16-19)9-4-17-3-8-22-21(12-17)7-6-20(26(22)31)5-2-18-13-23(29)27(24(30)14-18)38-28(32,33)34/h3,6-8,12-16H,2,4-5,9-11H2,1H3. The van der Waals surface area contributed by atoms with Gasteiger partial charge in [0, 0.05) is 31.3 Å². The van der Waals surface area contributed by atoms with Crippen molar-refractivity contribution in [1.82, 2.24) is 9.97 Å². The van der Waals surface area contributed by atoms with E-state index in [-0.39, 0.29) is 18.4 Å². The van der Waals surface area contributed by atoms with E-state index in [0.29, 0.717) is 41.6 Å². The van der Waals surface area contributed by atoms with Crippen LogP contribution in [0.1, 0.15) is 28.1 Å². The predicted molar refractivity (Wildman–Crippen MR) is 129 cm³/mol. The molecule has 4 rings (SSSR count). The van der Waals surface area contributed by atoms with Crippen molar-refractivity contribution >= 4 is 10.8 Å². The number of ether oxygens (including phenoxy) is 2. The van der Waals surface area contributed by atoms with E-state index in [4.69, 9.17) is 4.74 Å². The van der Waals surface area contributed by atoms with Crippen LogP contribution in [-0.2, 0) is 36.8 Å². The number of hydrogen-bond donors (Lipinski definition) is 0. The maximum atomic E-state index is 15.2. The van der Waals surface area contributed by atoms with Gasteiger partial charge in [-0.1, -0.05) is 30.3 Å². The molecule has 1 heterocycles. The van der Waals surface area contributed by atoms with Gasteiger partial charge in [0.1, 0.15) is 11.6 Å². The highest BCUT2D eigenvalue weighted by Crippen LogP contribution is 2.30. The highest BCUT2D eigenvalue weighted by molar-refractivity contribution is 5.84. The van der Waals surface area contributed by atoms with Gasteiger partial charge in [0.15, 0.2) is 11.6 Å². The summed E-state index contributed by atoms with van der Waals surface area (Å²) in [6.45, 7) is 0.600. The monoisotopic (exact) mass is 534 g/mol. The lowest BCUT2D eigenvalue weighted by molar-refractivity contribution is -0.276. The van der Waals surface area contributed by atoms with E-state index in [1.165, 1.54) is 0 Å². The Bertz CT molecular complexity index is 1380. The highest BCUT2D eigenvalue weighted by atomic mass is 19.4. The summed E-state index contributed by atoms with van der Waals surface area (Å²) < 4.78 is 88.6. The Balaban J connectivity index is 1.41. The molecule has 0 aliphatic rings. The quantitative estimate of drug-likeness (QED) is 0.212. The topological polar surface area (TPSA) is 44.2 Å². The summed E-state index contributed by atoms with van der Waals surface area (Å²) >= 11 is 0. The summed E-state index contributed by atoms with van der Waals surface area (Å²) in [4.78, 5) is 8.76. The first-order chi connectivity index (χ1) is 18.1. The highest BCUT2D eigenvalue weighted by Gasteiger charge is 2.34. The molecule has 0 aliphatic heterocycles. The third-order valence-corrected chi connectivity index (χ3v) is 6.05. The molecule has 0 bridgehead atoms. The zero-order valence-corrected chi connectivity index (χ0v) is 20.4. The number of rotatable bonds is 10. The number of fused-ring (bicyclic) bond motifs is 1. The molecule has 10 heteroatoms. The van der Waals surface area contributed by atoms with Crippen LogP contribution in [0.4, 0.5) is 26.3 Å². The molecule has 0 unspecified atom stereocenters. The van der Waals surface area contributed by atoms with Crippen LogP contribution in [0.15, 0.2) is 54.9 Å². The normalized spacial score (nSPS) is 11.8. The average Bonchev–Trinajstić information content (AvgIpc) is 2.88. The molecule has 0 saturated heterocycles. The van der Waals surface area contributed by atoms with E-state index >= 15 is 4.39 Å². The summed E-state index contributed by atoms with van der Waals surface area (Å²) in [5, 5.41) is 1.10. The van der Waals surface area contributed by atoms with Crippen molar-refractivity contribution in [1.29, 1.82) is 0 Å². The van der Waals surface area contributed by atoms with Crippen LogP contribution in [0.2, 0.25) is 0 Å². The van der Waals surface area contributed by atoms with Crippen molar-refractivity contribution in [3.05, 3.63) is 100 Å². The Labute approximate surface area is 215 Å². The van der Waals surface area contributed by atoms with Gasteiger partial charge in [-0.2, -0.15) is 0 Å². The Morgan fingerprint density at radius 3 is 2.08 bits per heavy atom. The van der Waals surface area contributed by atoms with Gasteiger partial charge in [0.2, 0.25) is 5.75 Å². The van der Waals surface area contributed by atoms with Crippen LogP contribution in [0.5, 0.6) is 5.75 Å². The van der Waals surface area contributed by atoms with Crippen LogP contribution >= 0.6 is 0 Å². The van der Waals surface area contributed by atoms with Gasteiger partial charge in [-0.15, -0.1) is 13.2 Å². The fourth-order valence-corrected chi connectivity index (χ4v) is 4.10. The third-order valence-electron chi connectivity index (χ3n) is 6.05. The second-order valence-electron chi connectivity index (χ2n) is 8.78. The molecule has 200 valence electrons. The first-order valence-corrected chi connectivity index (χ1v) is 11.9. The van der Waals surface area contributed by atoms with E-state index in [1.807, 2.05) is 12.1 Å². The second kappa shape index (κ2) is 11.8. The number of nitrogens with zero attached hydrogens (tertiary/aromatic N) is 2. The minimum absolute atomic E-state index is 0.0188. The number of aryl methyl sites for hydroxylation is 4. The molecule has 0 N–H and O–H groups in total. The molecule has 0 fully saturated rings. The van der Waals surface area contributed by atoms with Gasteiger partial charge >= 0.3 is 6.36 Å². The molecule has 0 aliphatic carbocycles. The molecule has 0 atom stereocenters. The average molecular weight is 535 g/mol. The Morgan fingerprint density at radius 1 is 0.737 bits per heavy atom. The number of aromatic nitrogens is 2. The van der Waals surface area contributed by atoms with Crippen LogP contribution in [-0.4, -0.2) is 30.0 Å². The summed E-state index contributed by atoms with van der Waals surface area (Å²) in [7, 11) is 1.64. The molecular formula is C28H24F6N2O2. The maximum absolute atomic E-state index is 15.2. The molecule has 0 spiro atoms. The second-order valence-corrected chi connectivity index (χ2v) is 8.78. The van der Waals surface area contributed by atoms with Crippen LogP contribution < -0.4 is 4.74 Å². The van der Waals surface area contributed by atoms with Crippen LogP contribution in [0, 0.1) is 17.5 Å². The van der Waals surface area contributed by atoms with Crippen molar-refractivity contribution in [2.45, 2.75) is 38.5 Å². The summed E-state index contributed by atoms with van der Waals surface area (Å²) in [6, 6.07) is 10.3. The van der Waals surface area contributed by atoms with E-state index in [2.05, 4.69) is 14.7 Å². The van der Waals surface area contributed by atoms with E-state index in [0.717, 1.165) is 29.7 Å². The first kappa shape index (κ1) is 27.4. The van der Waals surface area contributed by atoms with E-state index < -0.39 is 29.6 Å². The Kier molecular flexibility index (Phi) is 8.51. The largest absolute Gasteiger partial charge is 0.573 e. The van der Waals surface area contributed by atoms with E-state index in [1.54, 1.807) is 37.7 Å². The zero-order chi connectivity index (χ0) is 27.3. The minimum atomic E-state index is -5.22. The SMILES string of the molecule is COCCc1cnc(CCc2ccc3c(F)c(CCc4cc(F)c(OC(F)(F)F)c(F)c4)ccc3c2)nc1. The zero-order valence-electron chi connectivity index (χ0n) is 20.4. The molecule has 4 nitrogen and oxygen atoms in total. The third kappa shape index (κ3) is 7.00. The van der Waals surface area contributed by atoms with Gasteiger partial charge in [-0.05, 0) is 65.5 Å². The minimum Gasteiger partial charge on any atom is -0.399 e. The van der Waals surface area contributed by atoms with Crippen LogP contribution in [0.3, 0.4) is 0 Å². The Hall–Kier alpha value is -3.66. The number of methoxy groups -OCH3 is 1. The lowest BCUT2D eigenvalue weighted by Gasteiger charge is -2.12. The van der Waals surface area contributed by atoms with Gasteiger partial charge < -0.3 is 9.47 Å². The number of benzene rings is 3. The summed E-state index contributed by atoms with van der Waals surface area (Å²) in [5.41, 5.74) is 2.39. The fourth-order valence-electron chi connectivity index (χ4n) is 4.10. The van der Waals surface area contributed by atoms with Crippen molar-refractivity contribution < 1.29 is 35.8 Å². The van der Waals surface area contributed by atoms with Gasteiger partial charge in [-0.3, -0.25) is 0 Å². The lowest BCUT2D eigenvalue weighted by atomic mass is 9.98. The van der Waals surface area contributed by atoms with Crippen molar-refractivity contribution in [3.8, 4) is 5.75 Å². The van der Waals surface area contributed by atoms with Gasteiger partial charge in [-0.25, -0.2) is 23.1 Å². The molecule has 0 amide bonds. The smallest absolute Gasteiger partial charge is 0.399 e. The van der Waals surface area contributed by atoms with Crippen molar-refractivity contribution in [2.24, 2.45) is 0 Å². The summed E-state index contributed by atoms with van der Waals surface area (Å²) in [6.07, 6.45) is 0.494. The fraction of sp³-hybridized carbons (Fsp3) is 0.286. The van der Waals surface area contributed by atoms with Crippen molar-refractivity contribution in [3.63, 3.8) is 0 Å². The molecule has 0 saturated carbocycles. The molecule has 0 radical (unpaired) electrons. The van der Waals surface area contributed by atoms with Crippen LogP contribution in [0.25, 0.3) is 10.8 Å².